The van der Waals surface area contributed by atoms with Gasteiger partial charge in [0.15, 0.2) is 0 Å². The molecule has 1 nitrogen and oxygen atoms in total. The van der Waals surface area contributed by atoms with Crippen molar-refractivity contribution in [2.45, 2.75) is 0 Å². The first-order valence-corrected chi connectivity index (χ1v) is 3.98. The SMILES string of the molecule is N#Cc1cccc[c]1[Sn]. The summed E-state index contributed by atoms with van der Waals surface area (Å²) in [4.78, 5) is 0. The Balaban J connectivity index is 3.20. The molecule has 0 amide bonds. The molecule has 0 saturated heterocycles. The van der Waals surface area contributed by atoms with Crippen LogP contribution in [-0.2, 0) is 0 Å². The Labute approximate surface area is 67.4 Å². The van der Waals surface area contributed by atoms with Gasteiger partial charge >= 0.3 is 67.3 Å². The van der Waals surface area contributed by atoms with E-state index in [4.69, 9.17) is 5.26 Å². The van der Waals surface area contributed by atoms with E-state index >= 15 is 0 Å². The molecule has 0 aromatic heterocycles. The summed E-state index contributed by atoms with van der Waals surface area (Å²) < 4.78 is 1.13. The van der Waals surface area contributed by atoms with Crippen molar-refractivity contribution in [1.82, 2.24) is 0 Å². The summed E-state index contributed by atoms with van der Waals surface area (Å²) in [5.41, 5.74) is 0.802. The number of nitriles is 1. The Morgan fingerprint density at radius 3 is 2.44 bits per heavy atom. The van der Waals surface area contributed by atoms with E-state index in [0.717, 1.165) is 9.14 Å². The Morgan fingerprint density at radius 2 is 2.00 bits per heavy atom. The Kier molecular flexibility index (Phi) is 2.12. The Hall–Kier alpha value is -0.491. The maximum atomic E-state index is 8.48. The molecule has 9 heavy (non-hydrogen) atoms. The van der Waals surface area contributed by atoms with E-state index in [2.05, 4.69) is 6.07 Å². The summed E-state index contributed by atoms with van der Waals surface area (Å²) in [6.45, 7) is 0. The molecule has 0 aliphatic carbocycles. The van der Waals surface area contributed by atoms with E-state index in [1.165, 1.54) is 22.5 Å². The van der Waals surface area contributed by atoms with Gasteiger partial charge < -0.3 is 0 Å². The number of hydrogen-bond donors (Lipinski definition) is 0. The minimum absolute atomic E-state index is 0.802. The van der Waals surface area contributed by atoms with Crippen LogP contribution in [0.2, 0.25) is 0 Å². The van der Waals surface area contributed by atoms with Gasteiger partial charge in [-0.05, 0) is 0 Å². The summed E-state index contributed by atoms with van der Waals surface area (Å²) in [6, 6.07) is 9.75. The zero-order chi connectivity index (χ0) is 6.69. The van der Waals surface area contributed by atoms with Crippen LogP contribution < -0.4 is 3.58 Å². The molecule has 0 bridgehead atoms. The predicted octanol–water partition coefficient (Wildman–Crippen LogP) is 0.352. The van der Waals surface area contributed by atoms with Crippen molar-refractivity contribution in [3.63, 3.8) is 0 Å². The molecule has 0 fully saturated rings. The van der Waals surface area contributed by atoms with Crippen LogP contribution >= 0.6 is 0 Å². The standard InChI is InChI=1S/C7H4N.Sn/c8-6-7-4-2-1-3-5-7;/h1-4H;. The van der Waals surface area contributed by atoms with E-state index in [0.29, 0.717) is 0 Å². The molecule has 1 rings (SSSR count). The molecule has 3 radical (unpaired) electrons. The molecule has 0 heterocycles. The first kappa shape index (κ1) is 6.63. The van der Waals surface area contributed by atoms with Crippen molar-refractivity contribution in [2.75, 3.05) is 0 Å². The third-order valence-electron chi connectivity index (χ3n) is 1.05. The van der Waals surface area contributed by atoms with E-state index in [9.17, 15) is 0 Å². The van der Waals surface area contributed by atoms with Crippen LogP contribution in [0.4, 0.5) is 0 Å². The van der Waals surface area contributed by atoms with Gasteiger partial charge in [0.25, 0.3) is 0 Å². The number of hydrogen-bond acceptors (Lipinski definition) is 1. The van der Waals surface area contributed by atoms with Gasteiger partial charge in [0.05, 0.1) is 0 Å². The van der Waals surface area contributed by atoms with Crippen LogP contribution in [0.25, 0.3) is 0 Å². The van der Waals surface area contributed by atoms with Crippen molar-refractivity contribution in [2.24, 2.45) is 0 Å². The predicted molar refractivity (Wildman–Crippen MR) is 36.5 cm³/mol. The van der Waals surface area contributed by atoms with E-state index < -0.39 is 0 Å². The molecule has 1 aromatic carbocycles. The second kappa shape index (κ2) is 2.88. The molecule has 0 saturated carbocycles. The number of rotatable bonds is 0. The summed E-state index contributed by atoms with van der Waals surface area (Å²) in [5.74, 6) is 0. The molecule has 2 heteroatoms. The average Bonchev–Trinajstić information content (AvgIpc) is 1.89. The fraction of sp³-hybridized carbons (Fsp3) is 0. The molecule has 0 aliphatic rings. The maximum absolute atomic E-state index is 8.48. The summed E-state index contributed by atoms with van der Waals surface area (Å²) >= 11 is 1.30. The molecular formula is C7H4NSn. The third-order valence-corrected chi connectivity index (χ3v) is 2.29. The zero-order valence-electron chi connectivity index (χ0n) is 4.76. The van der Waals surface area contributed by atoms with Gasteiger partial charge in [0.2, 0.25) is 0 Å². The van der Waals surface area contributed by atoms with Crippen molar-refractivity contribution in [3.8, 4) is 6.07 Å². The summed E-state index contributed by atoms with van der Waals surface area (Å²) in [7, 11) is 0. The van der Waals surface area contributed by atoms with Gasteiger partial charge in [0, 0.05) is 0 Å². The van der Waals surface area contributed by atoms with Gasteiger partial charge in [-0.2, -0.15) is 0 Å². The van der Waals surface area contributed by atoms with Crippen LogP contribution in [0.3, 0.4) is 0 Å². The van der Waals surface area contributed by atoms with Crippen LogP contribution in [0.15, 0.2) is 24.3 Å². The van der Waals surface area contributed by atoms with Crippen LogP contribution in [-0.4, -0.2) is 22.5 Å². The van der Waals surface area contributed by atoms with Crippen molar-refractivity contribution >= 4 is 26.1 Å². The molecule has 0 spiro atoms. The molecule has 1 aromatic rings. The Bertz CT molecular complexity index is 249. The fourth-order valence-corrected chi connectivity index (χ4v) is 1.25. The zero-order valence-corrected chi connectivity index (χ0v) is 7.61. The minimum atomic E-state index is 0.802. The van der Waals surface area contributed by atoms with Crippen LogP contribution in [0, 0.1) is 11.3 Å². The molecule has 0 N–H and O–H groups in total. The summed E-state index contributed by atoms with van der Waals surface area (Å²) in [6.07, 6.45) is 0. The van der Waals surface area contributed by atoms with E-state index in [1.54, 1.807) is 0 Å². The van der Waals surface area contributed by atoms with Gasteiger partial charge in [-0.3, -0.25) is 0 Å². The number of nitrogens with zero attached hydrogens (tertiary/aromatic N) is 1. The number of benzene rings is 1. The van der Waals surface area contributed by atoms with Crippen molar-refractivity contribution in [1.29, 1.82) is 5.26 Å². The van der Waals surface area contributed by atoms with Crippen LogP contribution in [0.1, 0.15) is 5.56 Å². The third kappa shape index (κ3) is 1.46. The fourth-order valence-electron chi connectivity index (χ4n) is 0.581. The van der Waals surface area contributed by atoms with Crippen LogP contribution in [0.5, 0.6) is 0 Å². The van der Waals surface area contributed by atoms with Gasteiger partial charge in [0.1, 0.15) is 0 Å². The first-order chi connectivity index (χ1) is 4.34. The normalized spacial score (nSPS) is 8.44. The molecule has 41 valence electrons. The van der Waals surface area contributed by atoms with Crippen molar-refractivity contribution in [3.05, 3.63) is 29.8 Å². The first-order valence-electron chi connectivity index (χ1n) is 2.55. The van der Waals surface area contributed by atoms with Gasteiger partial charge in [-0.1, -0.05) is 0 Å². The second-order valence-corrected chi connectivity index (χ2v) is 3.19. The quantitative estimate of drug-likeness (QED) is 0.579. The molecular weight excluding hydrogens is 217 g/mol. The molecule has 0 aliphatic heterocycles. The second-order valence-electron chi connectivity index (χ2n) is 1.66. The molecule has 0 unspecified atom stereocenters. The topological polar surface area (TPSA) is 23.8 Å². The molecule has 0 atom stereocenters. The Morgan fingerprint density at radius 1 is 1.33 bits per heavy atom. The average molecular weight is 221 g/mol. The van der Waals surface area contributed by atoms with Gasteiger partial charge in [-0.15, -0.1) is 0 Å². The van der Waals surface area contributed by atoms with Gasteiger partial charge in [-0.25, -0.2) is 0 Å². The summed E-state index contributed by atoms with van der Waals surface area (Å²) in [5, 5.41) is 8.48. The van der Waals surface area contributed by atoms with E-state index in [1.807, 2.05) is 24.3 Å². The van der Waals surface area contributed by atoms with E-state index in [-0.39, 0.29) is 0 Å². The van der Waals surface area contributed by atoms with Crippen molar-refractivity contribution < 1.29 is 0 Å². The monoisotopic (exact) mass is 222 g/mol.